The Morgan fingerprint density at radius 1 is 1.19 bits per heavy atom. The lowest BCUT2D eigenvalue weighted by molar-refractivity contribution is -0.384. The van der Waals surface area contributed by atoms with E-state index in [-0.39, 0.29) is 22.3 Å². The number of nitrogens with zero attached hydrogens (tertiary/aromatic N) is 3. The van der Waals surface area contributed by atoms with E-state index in [9.17, 15) is 18.5 Å². The normalized spacial score (nSPS) is 16.0. The van der Waals surface area contributed by atoms with E-state index in [0.29, 0.717) is 31.3 Å². The van der Waals surface area contributed by atoms with Gasteiger partial charge in [0.25, 0.3) is 5.69 Å². The fourth-order valence-corrected chi connectivity index (χ4v) is 5.60. The number of nitro groups is 1. The molecule has 1 saturated heterocycles. The Balaban J connectivity index is 1.69. The van der Waals surface area contributed by atoms with Crippen molar-refractivity contribution in [1.82, 2.24) is 14.3 Å². The van der Waals surface area contributed by atoms with Crippen LogP contribution in [0.2, 0.25) is 0 Å². The van der Waals surface area contributed by atoms with Crippen molar-refractivity contribution < 1.29 is 13.3 Å². The van der Waals surface area contributed by atoms with Crippen LogP contribution < -0.4 is 5.32 Å². The van der Waals surface area contributed by atoms with Crippen LogP contribution in [0.15, 0.2) is 47.4 Å². The van der Waals surface area contributed by atoms with E-state index < -0.39 is 14.9 Å². The van der Waals surface area contributed by atoms with E-state index in [1.165, 1.54) is 16.4 Å². The Hall–Kier alpha value is -2.98. The lowest BCUT2D eigenvalue weighted by atomic mass is 10.0. The average molecular weight is 458 g/mol. The first kappa shape index (κ1) is 22.2. The van der Waals surface area contributed by atoms with Crippen LogP contribution in [0.5, 0.6) is 0 Å². The Labute approximate surface area is 187 Å². The number of nitro benzene ring substituents is 1. The van der Waals surface area contributed by atoms with Crippen LogP contribution >= 0.6 is 0 Å². The molecule has 0 amide bonds. The second-order valence-electron chi connectivity index (χ2n) is 8.51. The molecule has 1 fully saturated rings. The van der Waals surface area contributed by atoms with Gasteiger partial charge >= 0.3 is 0 Å². The zero-order valence-corrected chi connectivity index (χ0v) is 18.9. The van der Waals surface area contributed by atoms with Gasteiger partial charge in [0.2, 0.25) is 10.0 Å². The summed E-state index contributed by atoms with van der Waals surface area (Å²) in [5.41, 5.74) is 1.70. The molecule has 0 radical (unpaired) electrons. The van der Waals surface area contributed by atoms with Gasteiger partial charge in [-0.3, -0.25) is 10.1 Å². The number of aromatic amines is 1. The molecule has 2 aromatic carbocycles. The van der Waals surface area contributed by atoms with Crippen LogP contribution in [-0.4, -0.2) is 40.7 Å². The van der Waals surface area contributed by atoms with E-state index in [0.717, 1.165) is 29.9 Å². The number of anilines is 1. The molecule has 10 heteroatoms. The smallest absolute Gasteiger partial charge is 0.293 e. The summed E-state index contributed by atoms with van der Waals surface area (Å²) >= 11 is 0. The molecule has 0 unspecified atom stereocenters. The molecular formula is C22H27N5O4S. The van der Waals surface area contributed by atoms with Gasteiger partial charge in [-0.2, -0.15) is 4.31 Å². The van der Waals surface area contributed by atoms with Crippen molar-refractivity contribution in [3.05, 3.63) is 58.4 Å². The van der Waals surface area contributed by atoms with Crippen molar-refractivity contribution in [2.75, 3.05) is 18.4 Å². The Kier molecular flexibility index (Phi) is 6.16. The molecule has 170 valence electrons. The quantitative estimate of drug-likeness (QED) is 0.381. The summed E-state index contributed by atoms with van der Waals surface area (Å²) in [6, 6.07) is 11.4. The number of fused-ring (bicyclic) bond motifs is 1. The highest BCUT2D eigenvalue weighted by Crippen LogP contribution is 2.34. The zero-order chi connectivity index (χ0) is 22.9. The molecule has 0 saturated carbocycles. The Bertz CT molecular complexity index is 1200. The summed E-state index contributed by atoms with van der Waals surface area (Å²) in [4.78, 5) is 19.2. The number of hydrogen-bond acceptors (Lipinski definition) is 6. The summed E-state index contributed by atoms with van der Waals surface area (Å²) in [5.74, 6) is 0.984. The predicted octanol–water partition coefficient (Wildman–Crippen LogP) is 4.45. The highest BCUT2D eigenvalue weighted by atomic mass is 32.2. The Morgan fingerprint density at radius 2 is 1.91 bits per heavy atom. The van der Waals surface area contributed by atoms with Crippen molar-refractivity contribution >= 4 is 32.4 Å². The largest absolute Gasteiger partial charge is 0.370 e. The van der Waals surface area contributed by atoms with Gasteiger partial charge in [-0.15, -0.1) is 0 Å². The number of H-pyrrole nitrogens is 1. The molecule has 0 spiro atoms. The molecule has 0 aliphatic carbocycles. The van der Waals surface area contributed by atoms with Crippen LogP contribution in [0.25, 0.3) is 11.0 Å². The second kappa shape index (κ2) is 8.87. The highest BCUT2D eigenvalue weighted by molar-refractivity contribution is 7.89. The summed E-state index contributed by atoms with van der Waals surface area (Å²) in [5, 5.41) is 15.1. The van der Waals surface area contributed by atoms with Gasteiger partial charge in [-0.25, -0.2) is 13.4 Å². The zero-order valence-electron chi connectivity index (χ0n) is 18.1. The topological polar surface area (TPSA) is 121 Å². The van der Waals surface area contributed by atoms with Crippen LogP contribution in [0.1, 0.15) is 45.0 Å². The highest BCUT2D eigenvalue weighted by Gasteiger charge is 2.30. The minimum absolute atomic E-state index is 0.0548. The number of aromatic nitrogens is 2. The van der Waals surface area contributed by atoms with Gasteiger partial charge in [-0.1, -0.05) is 26.0 Å². The van der Waals surface area contributed by atoms with E-state index in [2.05, 4.69) is 29.1 Å². The van der Waals surface area contributed by atoms with Crippen molar-refractivity contribution in [1.29, 1.82) is 0 Å². The number of sulfonamides is 1. The van der Waals surface area contributed by atoms with Crippen LogP contribution in [0.4, 0.5) is 11.4 Å². The van der Waals surface area contributed by atoms with Crippen LogP contribution in [0.3, 0.4) is 0 Å². The number of rotatable bonds is 8. The number of imidazole rings is 1. The molecule has 1 aromatic heterocycles. The van der Waals surface area contributed by atoms with Gasteiger partial charge in [0.05, 0.1) is 26.9 Å². The summed E-state index contributed by atoms with van der Waals surface area (Å²) in [6.45, 7) is 5.02. The molecule has 2 heterocycles. The summed E-state index contributed by atoms with van der Waals surface area (Å²) in [7, 11) is -3.75. The van der Waals surface area contributed by atoms with E-state index in [1.807, 2.05) is 24.3 Å². The molecule has 9 nitrogen and oxygen atoms in total. The van der Waals surface area contributed by atoms with E-state index in [4.69, 9.17) is 0 Å². The lowest BCUT2D eigenvalue weighted by Crippen LogP contribution is -2.28. The third-order valence-corrected chi connectivity index (χ3v) is 7.54. The molecule has 1 aliphatic heterocycles. The summed E-state index contributed by atoms with van der Waals surface area (Å²) < 4.78 is 27.1. The maximum Gasteiger partial charge on any atom is 0.293 e. The van der Waals surface area contributed by atoms with Gasteiger partial charge in [0.15, 0.2) is 0 Å². The first-order chi connectivity index (χ1) is 15.3. The van der Waals surface area contributed by atoms with Crippen molar-refractivity contribution in [2.24, 2.45) is 5.92 Å². The van der Waals surface area contributed by atoms with Gasteiger partial charge in [0, 0.05) is 19.2 Å². The average Bonchev–Trinajstić information content (AvgIpc) is 3.43. The van der Waals surface area contributed by atoms with Crippen molar-refractivity contribution in [3.63, 3.8) is 0 Å². The third-order valence-electron chi connectivity index (χ3n) is 5.64. The van der Waals surface area contributed by atoms with Crippen molar-refractivity contribution in [2.45, 2.75) is 44.0 Å². The number of para-hydroxylation sites is 2. The van der Waals surface area contributed by atoms with E-state index >= 15 is 0 Å². The minimum Gasteiger partial charge on any atom is -0.370 e. The van der Waals surface area contributed by atoms with Gasteiger partial charge < -0.3 is 10.3 Å². The first-order valence-corrected chi connectivity index (χ1v) is 12.2. The fourth-order valence-electron chi connectivity index (χ4n) is 4.06. The molecule has 32 heavy (non-hydrogen) atoms. The number of hydrogen-bond donors (Lipinski definition) is 2. The number of nitrogens with one attached hydrogen (secondary N) is 2. The van der Waals surface area contributed by atoms with E-state index in [1.54, 1.807) is 0 Å². The summed E-state index contributed by atoms with van der Waals surface area (Å²) in [6.07, 6.45) is 2.29. The maximum atomic E-state index is 12.9. The second-order valence-corrected chi connectivity index (χ2v) is 10.5. The first-order valence-electron chi connectivity index (χ1n) is 10.8. The Morgan fingerprint density at radius 3 is 2.56 bits per heavy atom. The van der Waals surface area contributed by atoms with Crippen LogP contribution in [-0.2, 0) is 10.0 Å². The molecule has 3 aromatic rings. The fraction of sp³-hybridized carbons (Fsp3) is 0.409. The standard InChI is InChI=1S/C22H27N5O4S/c1-15(2)13-20(22-24-17-7-3-4-8-18(17)25-22)23-19-10-9-16(14-21(19)27(28)29)32(30,31)26-11-5-6-12-26/h3-4,7-10,14-15,20,23H,5-6,11-13H2,1-2H3,(H,24,25)/t20-/m0/s1. The molecule has 0 bridgehead atoms. The molecule has 4 rings (SSSR count). The lowest BCUT2D eigenvalue weighted by Gasteiger charge is -2.21. The van der Waals surface area contributed by atoms with Gasteiger partial charge in [-0.05, 0) is 49.4 Å². The molecular weight excluding hydrogens is 430 g/mol. The van der Waals surface area contributed by atoms with Crippen LogP contribution in [0, 0.1) is 16.0 Å². The number of benzene rings is 2. The van der Waals surface area contributed by atoms with Crippen molar-refractivity contribution in [3.8, 4) is 0 Å². The third kappa shape index (κ3) is 4.46. The molecule has 1 aliphatic rings. The predicted molar refractivity (Wildman–Crippen MR) is 123 cm³/mol. The maximum absolute atomic E-state index is 12.9. The monoisotopic (exact) mass is 457 g/mol. The minimum atomic E-state index is -3.75. The molecule has 1 atom stereocenters. The molecule has 2 N–H and O–H groups in total. The van der Waals surface area contributed by atoms with Gasteiger partial charge in [0.1, 0.15) is 11.5 Å². The SMILES string of the molecule is CC(C)C[C@H](Nc1ccc(S(=O)(=O)N2CCCC2)cc1[N+](=O)[O-])c1nc2ccccc2[nH]1.